The third kappa shape index (κ3) is 4.55. The first kappa shape index (κ1) is 22.1. The molecule has 0 unspecified atom stereocenters. The maximum Gasteiger partial charge on any atom is 0.273 e. The normalized spacial score (nSPS) is 14.1. The number of amides is 1. The van der Waals surface area contributed by atoms with Crippen LogP contribution in [0.2, 0.25) is 10.0 Å². The Morgan fingerprint density at radius 3 is 2.56 bits per heavy atom. The van der Waals surface area contributed by atoms with Crippen LogP contribution in [0.1, 0.15) is 41.7 Å². The summed E-state index contributed by atoms with van der Waals surface area (Å²) in [6, 6.07) is 4.51. The molecule has 2 aromatic heterocycles. The number of anilines is 2. The molecule has 0 bridgehead atoms. The van der Waals surface area contributed by atoms with E-state index >= 15 is 0 Å². The third-order valence-corrected chi connectivity index (χ3v) is 5.41. The van der Waals surface area contributed by atoms with Gasteiger partial charge in [0.2, 0.25) is 0 Å². The van der Waals surface area contributed by atoms with Crippen LogP contribution in [0.15, 0.2) is 41.7 Å². The maximum absolute atomic E-state index is 13.2. The molecule has 32 heavy (non-hydrogen) atoms. The van der Waals surface area contributed by atoms with E-state index in [0.29, 0.717) is 17.0 Å². The lowest BCUT2D eigenvalue weighted by molar-refractivity contribution is 0.102. The van der Waals surface area contributed by atoms with Gasteiger partial charge in [-0.25, -0.2) is 4.98 Å². The fourth-order valence-electron chi connectivity index (χ4n) is 3.03. The first-order valence-electron chi connectivity index (χ1n) is 9.79. The van der Waals surface area contributed by atoms with Crippen LogP contribution in [0, 0.1) is 0 Å². The van der Waals surface area contributed by atoms with Crippen LogP contribution in [-0.4, -0.2) is 26.5 Å². The van der Waals surface area contributed by atoms with E-state index in [2.05, 4.69) is 15.3 Å². The molecule has 3 aromatic rings. The molecular formula is C21H20Cl2N6O3. The molecule has 11 heteroatoms. The highest BCUT2D eigenvalue weighted by Crippen LogP contribution is 2.35. The van der Waals surface area contributed by atoms with Gasteiger partial charge in [-0.1, -0.05) is 23.2 Å². The Morgan fingerprint density at radius 2 is 1.94 bits per heavy atom. The van der Waals surface area contributed by atoms with Crippen LogP contribution in [0.3, 0.4) is 0 Å². The lowest BCUT2D eigenvalue weighted by atomic mass is 10.1. The maximum atomic E-state index is 13.2. The number of benzene rings is 1. The molecule has 1 fully saturated rings. The lowest BCUT2D eigenvalue weighted by Gasteiger charge is -2.14. The molecule has 0 aliphatic heterocycles. The van der Waals surface area contributed by atoms with Crippen molar-refractivity contribution in [3.8, 4) is 11.4 Å². The van der Waals surface area contributed by atoms with Gasteiger partial charge in [-0.15, -0.1) is 0 Å². The molecule has 5 N–H and O–H groups in total. The fraction of sp³-hybridized carbons (Fsp3) is 0.238. The molecule has 0 saturated heterocycles. The summed E-state index contributed by atoms with van der Waals surface area (Å²) in [7, 11) is 0. The van der Waals surface area contributed by atoms with E-state index in [-0.39, 0.29) is 39.3 Å². The zero-order valence-corrected chi connectivity index (χ0v) is 18.5. The van der Waals surface area contributed by atoms with Gasteiger partial charge < -0.3 is 21.5 Å². The number of ether oxygens (including phenoxy) is 1. The number of hydrogen-bond donors (Lipinski definition) is 3. The van der Waals surface area contributed by atoms with Crippen molar-refractivity contribution in [3.63, 3.8) is 0 Å². The van der Waals surface area contributed by atoms with Crippen molar-refractivity contribution in [1.82, 2.24) is 14.5 Å². The Balaban J connectivity index is 1.70. The first-order valence-corrected chi connectivity index (χ1v) is 10.5. The quantitative estimate of drug-likeness (QED) is 0.497. The van der Waals surface area contributed by atoms with Gasteiger partial charge in [0.1, 0.15) is 23.5 Å². The fourth-order valence-corrected chi connectivity index (χ4v) is 3.68. The van der Waals surface area contributed by atoms with E-state index < -0.39 is 11.5 Å². The number of carbonyl (C=O) groups excluding carboxylic acids is 1. The van der Waals surface area contributed by atoms with Crippen molar-refractivity contribution in [2.45, 2.75) is 31.9 Å². The SMILES string of the molecule is C[C@H](N)c1cncc(NC(=O)c2c(N)ncn(-c3c(Cl)cc(OC4CC4)cc3Cl)c2=O)c1. The van der Waals surface area contributed by atoms with E-state index in [1.807, 2.05) is 0 Å². The second kappa shape index (κ2) is 8.78. The molecule has 1 aliphatic carbocycles. The van der Waals surface area contributed by atoms with E-state index in [0.717, 1.165) is 17.4 Å². The van der Waals surface area contributed by atoms with Crippen molar-refractivity contribution in [2.24, 2.45) is 5.73 Å². The molecule has 166 valence electrons. The second-order valence-corrected chi connectivity index (χ2v) is 8.30. The van der Waals surface area contributed by atoms with Gasteiger partial charge in [-0.05, 0) is 31.4 Å². The van der Waals surface area contributed by atoms with Gasteiger partial charge in [0.25, 0.3) is 11.5 Å². The van der Waals surface area contributed by atoms with Crippen LogP contribution < -0.4 is 27.1 Å². The van der Waals surface area contributed by atoms with Gasteiger partial charge in [-0.2, -0.15) is 0 Å². The van der Waals surface area contributed by atoms with Crippen LogP contribution >= 0.6 is 23.2 Å². The largest absolute Gasteiger partial charge is 0.490 e. The Bertz CT molecular complexity index is 1230. The molecule has 2 heterocycles. The number of nitrogens with one attached hydrogen (secondary N) is 1. The first-order chi connectivity index (χ1) is 15.2. The molecule has 1 aromatic carbocycles. The van der Waals surface area contributed by atoms with Crippen LogP contribution in [0.5, 0.6) is 5.75 Å². The Labute approximate surface area is 193 Å². The molecule has 9 nitrogen and oxygen atoms in total. The van der Waals surface area contributed by atoms with E-state index in [4.69, 9.17) is 39.4 Å². The van der Waals surface area contributed by atoms with Crippen LogP contribution in [0.4, 0.5) is 11.5 Å². The van der Waals surface area contributed by atoms with Crippen molar-refractivity contribution < 1.29 is 9.53 Å². The minimum atomic E-state index is -0.751. The van der Waals surface area contributed by atoms with Crippen LogP contribution in [0.25, 0.3) is 5.69 Å². The molecule has 0 spiro atoms. The Hall–Kier alpha value is -3.14. The molecule has 4 rings (SSSR count). The predicted octanol–water partition coefficient (Wildman–Crippen LogP) is 3.33. The standard InChI is InChI=1S/C21H20Cl2N6O3/c1-10(24)11-4-12(8-26-7-11)28-20(30)17-19(25)27-9-29(21(17)31)18-15(22)5-14(6-16(18)23)32-13-2-3-13/h4-10,13H,2-3,24-25H2,1H3,(H,28,30)/t10-/m0/s1. The topological polar surface area (TPSA) is 138 Å². The van der Waals surface area contributed by atoms with Crippen molar-refractivity contribution in [2.75, 3.05) is 11.1 Å². The highest BCUT2D eigenvalue weighted by atomic mass is 35.5. The van der Waals surface area contributed by atoms with Gasteiger partial charge >= 0.3 is 0 Å². The van der Waals surface area contributed by atoms with Crippen molar-refractivity contribution >= 4 is 40.6 Å². The highest BCUT2D eigenvalue weighted by molar-refractivity contribution is 6.38. The summed E-state index contributed by atoms with van der Waals surface area (Å²) < 4.78 is 6.79. The van der Waals surface area contributed by atoms with E-state index in [9.17, 15) is 9.59 Å². The van der Waals surface area contributed by atoms with Crippen molar-refractivity contribution in [3.05, 3.63) is 68.4 Å². The zero-order chi connectivity index (χ0) is 23.0. The van der Waals surface area contributed by atoms with E-state index in [1.54, 1.807) is 31.3 Å². The molecule has 1 amide bonds. The van der Waals surface area contributed by atoms with Gasteiger partial charge in [0.05, 0.1) is 33.7 Å². The Morgan fingerprint density at radius 1 is 1.25 bits per heavy atom. The number of carbonyl (C=O) groups is 1. The second-order valence-electron chi connectivity index (χ2n) is 7.48. The molecule has 1 saturated carbocycles. The average Bonchev–Trinajstić information content (AvgIpc) is 3.53. The number of nitrogens with zero attached hydrogens (tertiary/aromatic N) is 3. The number of pyridine rings is 1. The molecule has 0 radical (unpaired) electrons. The number of aromatic nitrogens is 3. The van der Waals surface area contributed by atoms with Crippen molar-refractivity contribution in [1.29, 1.82) is 0 Å². The summed E-state index contributed by atoms with van der Waals surface area (Å²) >= 11 is 12.8. The van der Waals surface area contributed by atoms with E-state index in [1.165, 1.54) is 12.5 Å². The third-order valence-electron chi connectivity index (χ3n) is 4.83. The number of halogens is 2. The number of nitrogen functional groups attached to an aromatic ring is 1. The van der Waals surface area contributed by atoms with Gasteiger partial charge in [0, 0.05) is 24.4 Å². The molecule has 1 aliphatic rings. The average molecular weight is 475 g/mol. The summed E-state index contributed by atoms with van der Waals surface area (Å²) in [5.41, 5.74) is 11.9. The summed E-state index contributed by atoms with van der Waals surface area (Å²) in [5.74, 6) is -0.484. The van der Waals surface area contributed by atoms with Crippen LogP contribution in [-0.2, 0) is 0 Å². The predicted molar refractivity (Wildman–Crippen MR) is 123 cm³/mol. The Kier molecular flexibility index (Phi) is 6.05. The molecular weight excluding hydrogens is 455 g/mol. The number of hydrogen-bond acceptors (Lipinski definition) is 7. The van der Waals surface area contributed by atoms with Gasteiger partial charge in [0.15, 0.2) is 0 Å². The summed E-state index contributed by atoms with van der Waals surface area (Å²) in [4.78, 5) is 34.1. The summed E-state index contributed by atoms with van der Waals surface area (Å²) in [5, 5.41) is 2.94. The number of rotatable bonds is 6. The minimum absolute atomic E-state index is 0.152. The zero-order valence-electron chi connectivity index (χ0n) is 17.0. The summed E-state index contributed by atoms with van der Waals surface area (Å²) in [6.45, 7) is 1.79. The highest BCUT2D eigenvalue weighted by Gasteiger charge is 2.25. The smallest absolute Gasteiger partial charge is 0.273 e. The number of nitrogens with two attached hydrogens (primary N) is 2. The summed E-state index contributed by atoms with van der Waals surface area (Å²) in [6.07, 6.45) is 6.28. The lowest BCUT2D eigenvalue weighted by Crippen LogP contribution is -2.31. The molecule has 1 atom stereocenters. The minimum Gasteiger partial charge on any atom is -0.490 e. The van der Waals surface area contributed by atoms with Gasteiger partial charge in [-0.3, -0.25) is 19.1 Å². The monoisotopic (exact) mass is 474 g/mol.